The summed E-state index contributed by atoms with van der Waals surface area (Å²) in [5.41, 5.74) is 0.306. The highest BCUT2D eigenvalue weighted by atomic mass is 16.5. The zero-order valence-corrected chi connectivity index (χ0v) is 12.4. The molecule has 1 rings (SSSR count). The second-order valence-corrected chi connectivity index (χ2v) is 6.45. The Kier molecular flexibility index (Phi) is 5.42. The lowest BCUT2D eigenvalue weighted by atomic mass is 9.86. The normalized spacial score (nSPS) is 29.3. The van der Waals surface area contributed by atoms with E-state index >= 15 is 0 Å². The fourth-order valence-corrected chi connectivity index (χ4v) is 2.58. The van der Waals surface area contributed by atoms with E-state index in [9.17, 15) is 0 Å². The molecular weight excluding hydrogens is 212 g/mol. The highest BCUT2D eigenvalue weighted by Crippen LogP contribution is 2.21. The minimum atomic E-state index is 0.306. The lowest BCUT2D eigenvalue weighted by molar-refractivity contribution is -0.0724. The van der Waals surface area contributed by atoms with E-state index in [1.54, 1.807) is 0 Å². The van der Waals surface area contributed by atoms with Gasteiger partial charge in [-0.15, -0.1) is 0 Å². The van der Waals surface area contributed by atoms with Gasteiger partial charge in [-0.25, -0.2) is 0 Å². The standard InChI is InChI=1S/C14H30N2O/c1-7-15-13(14(4,5)6)10-16-8-11(2)17-12(3)9-16/h11-13,15H,7-10H2,1-6H3/t11-,12+,13?. The molecule has 17 heavy (non-hydrogen) atoms. The van der Waals surface area contributed by atoms with Crippen LogP contribution < -0.4 is 5.32 Å². The van der Waals surface area contributed by atoms with Crippen molar-refractivity contribution in [2.75, 3.05) is 26.2 Å². The summed E-state index contributed by atoms with van der Waals surface area (Å²) in [5, 5.41) is 3.62. The van der Waals surface area contributed by atoms with Crippen molar-refractivity contribution in [2.24, 2.45) is 5.41 Å². The zero-order valence-electron chi connectivity index (χ0n) is 12.4. The number of morpholine rings is 1. The summed E-state index contributed by atoms with van der Waals surface area (Å²) < 4.78 is 5.78. The molecule has 3 atom stereocenters. The lowest BCUT2D eigenvalue weighted by Crippen LogP contribution is -2.53. The predicted octanol–water partition coefficient (Wildman–Crippen LogP) is 2.12. The summed E-state index contributed by atoms with van der Waals surface area (Å²) in [4.78, 5) is 2.54. The monoisotopic (exact) mass is 242 g/mol. The van der Waals surface area contributed by atoms with Gasteiger partial charge in [0.15, 0.2) is 0 Å². The maximum Gasteiger partial charge on any atom is 0.0678 e. The summed E-state index contributed by atoms with van der Waals surface area (Å²) in [7, 11) is 0. The molecule has 1 saturated heterocycles. The Balaban J connectivity index is 2.54. The van der Waals surface area contributed by atoms with E-state index in [2.05, 4.69) is 51.8 Å². The van der Waals surface area contributed by atoms with Gasteiger partial charge >= 0.3 is 0 Å². The van der Waals surface area contributed by atoms with Crippen LogP contribution in [-0.2, 0) is 4.74 Å². The minimum Gasteiger partial charge on any atom is -0.373 e. The van der Waals surface area contributed by atoms with Gasteiger partial charge in [-0.3, -0.25) is 4.90 Å². The average Bonchev–Trinajstić information content (AvgIpc) is 2.13. The van der Waals surface area contributed by atoms with Crippen molar-refractivity contribution in [3.05, 3.63) is 0 Å². The molecule has 1 unspecified atom stereocenters. The number of hydrogen-bond acceptors (Lipinski definition) is 3. The Morgan fingerprint density at radius 2 is 1.76 bits per heavy atom. The van der Waals surface area contributed by atoms with E-state index in [-0.39, 0.29) is 0 Å². The summed E-state index contributed by atoms with van der Waals surface area (Å²) in [6, 6.07) is 0.546. The molecule has 0 aromatic heterocycles. The molecule has 0 aromatic rings. The van der Waals surface area contributed by atoms with Crippen molar-refractivity contribution in [2.45, 2.75) is 59.8 Å². The van der Waals surface area contributed by atoms with Crippen molar-refractivity contribution < 1.29 is 4.74 Å². The van der Waals surface area contributed by atoms with Crippen molar-refractivity contribution in [3.8, 4) is 0 Å². The fourth-order valence-electron chi connectivity index (χ4n) is 2.58. The Hall–Kier alpha value is -0.120. The molecular formula is C14H30N2O. The first-order valence-corrected chi connectivity index (χ1v) is 6.94. The highest BCUT2D eigenvalue weighted by Gasteiger charge is 2.29. The molecule has 0 aromatic carbocycles. The van der Waals surface area contributed by atoms with Crippen molar-refractivity contribution >= 4 is 0 Å². The van der Waals surface area contributed by atoms with Gasteiger partial charge in [0.25, 0.3) is 0 Å². The maximum absolute atomic E-state index is 5.78. The SMILES string of the molecule is CCNC(CN1C[C@@H](C)O[C@@H](C)C1)C(C)(C)C. The number of hydrogen-bond donors (Lipinski definition) is 1. The number of rotatable bonds is 4. The molecule has 0 saturated carbocycles. The first-order valence-electron chi connectivity index (χ1n) is 6.94. The minimum absolute atomic E-state index is 0.306. The van der Waals surface area contributed by atoms with Gasteiger partial charge in [-0.05, 0) is 25.8 Å². The van der Waals surface area contributed by atoms with E-state index in [1.165, 1.54) is 0 Å². The van der Waals surface area contributed by atoms with Gasteiger partial charge in [0.05, 0.1) is 12.2 Å². The van der Waals surface area contributed by atoms with E-state index in [4.69, 9.17) is 4.74 Å². The van der Waals surface area contributed by atoms with Crippen molar-refractivity contribution in [3.63, 3.8) is 0 Å². The average molecular weight is 242 g/mol. The van der Waals surface area contributed by atoms with Crippen molar-refractivity contribution in [1.82, 2.24) is 10.2 Å². The van der Waals surface area contributed by atoms with Gasteiger partial charge in [0, 0.05) is 25.7 Å². The Bertz CT molecular complexity index is 215. The Labute approximate surface area is 107 Å². The highest BCUT2D eigenvalue weighted by molar-refractivity contribution is 4.85. The summed E-state index contributed by atoms with van der Waals surface area (Å²) in [5.74, 6) is 0. The van der Waals surface area contributed by atoms with Crippen LogP contribution in [0.15, 0.2) is 0 Å². The molecule has 0 spiro atoms. The molecule has 102 valence electrons. The molecule has 3 nitrogen and oxygen atoms in total. The van der Waals surface area contributed by atoms with E-state index in [1.807, 2.05) is 0 Å². The predicted molar refractivity (Wildman–Crippen MR) is 73.4 cm³/mol. The molecule has 3 heteroatoms. The van der Waals surface area contributed by atoms with Gasteiger partial charge < -0.3 is 10.1 Å². The van der Waals surface area contributed by atoms with E-state index in [0.29, 0.717) is 23.7 Å². The fraction of sp³-hybridized carbons (Fsp3) is 1.00. The summed E-state index contributed by atoms with van der Waals surface area (Å²) >= 11 is 0. The first kappa shape index (κ1) is 14.9. The molecule has 1 aliphatic heterocycles. The smallest absolute Gasteiger partial charge is 0.0678 e. The largest absolute Gasteiger partial charge is 0.373 e. The van der Waals surface area contributed by atoms with Crippen LogP contribution in [0.25, 0.3) is 0 Å². The van der Waals surface area contributed by atoms with Gasteiger partial charge in [0.1, 0.15) is 0 Å². The molecule has 1 N–H and O–H groups in total. The van der Waals surface area contributed by atoms with Crippen LogP contribution >= 0.6 is 0 Å². The van der Waals surface area contributed by atoms with E-state index < -0.39 is 0 Å². The first-order chi connectivity index (χ1) is 7.82. The van der Waals surface area contributed by atoms with Crippen LogP contribution in [0.1, 0.15) is 41.5 Å². The third-order valence-electron chi connectivity index (χ3n) is 3.43. The third-order valence-corrected chi connectivity index (χ3v) is 3.43. The molecule has 0 amide bonds. The van der Waals surface area contributed by atoms with Crippen LogP contribution in [0.2, 0.25) is 0 Å². The maximum atomic E-state index is 5.78. The Morgan fingerprint density at radius 3 is 2.18 bits per heavy atom. The number of likely N-dealkylation sites (N-methyl/N-ethyl adjacent to an activating group) is 1. The van der Waals surface area contributed by atoms with Gasteiger partial charge in [-0.1, -0.05) is 27.7 Å². The zero-order chi connectivity index (χ0) is 13.1. The van der Waals surface area contributed by atoms with E-state index in [0.717, 1.165) is 26.2 Å². The number of ether oxygens (including phenoxy) is 1. The molecule has 0 bridgehead atoms. The van der Waals surface area contributed by atoms with Crippen molar-refractivity contribution in [1.29, 1.82) is 0 Å². The number of nitrogens with one attached hydrogen (secondary N) is 1. The van der Waals surface area contributed by atoms with Crippen LogP contribution in [0.5, 0.6) is 0 Å². The van der Waals surface area contributed by atoms with Crippen LogP contribution in [0, 0.1) is 5.41 Å². The second-order valence-electron chi connectivity index (χ2n) is 6.45. The molecule has 0 radical (unpaired) electrons. The molecule has 1 heterocycles. The topological polar surface area (TPSA) is 24.5 Å². The quantitative estimate of drug-likeness (QED) is 0.817. The molecule has 1 aliphatic rings. The molecule has 1 fully saturated rings. The summed E-state index contributed by atoms with van der Waals surface area (Å²) in [6.45, 7) is 17.7. The van der Waals surface area contributed by atoms with Gasteiger partial charge in [-0.2, -0.15) is 0 Å². The van der Waals surface area contributed by atoms with Crippen LogP contribution in [0.4, 0.5) is 0 Å². The lowest BCUT2D eigenvalue weighted by Gasteiger charge is -2.40. The van der Waals surface area contributed by atoms with Gasteiger partial charge in [0.2, 0.25) is 0 Å². The third kappa shape index (κ3) is 4.94. The number of nitrogens with zero attached hydrogens (tertiary/aromatic N) is 1. The summed E-state index contributed by atoms with van der Waals surface area (Å²) in [6.07, 6.45) is 0.724. The Morgan fingerprint density at radius 1 is 1.24 bits per heavy atom. The molecule has 0 aliphatic carbocycles. The van der Waals surface area contributed by atoms with Crippen LogP contribution in [-0.4, -0.2) is 49.3 Å². The second kappa shape index (κ2) is 6.17. The van der Waals surface area contributed by atoms with Crippen LogP contribution in [0.3, 0.4) is 0 Å².